The molecule has 104 valence electrons. The average Bonchev–Trinajstić information content (AvgIpc) is 2.41. The SMILES string of the molecule is O=C1CCN(CCCOCC(F)(F)F)C(=O)CN1. The van der Waals surface area contributed by atoms with Gasteiger partial charge in [-0.25, -0.2) is 0 Å². The predicted molar refractivity (Wildman–Crippen MR) is 55.7 cm³/mol. The highest BCUT2D eigenvalue weighted by Gasteiger charge is 2.27. The van der Waals surface area contributed by atoms with Gasteiger partial charge in [-0.15, -0.1) is 0 Å². The number of halogens is 3. The van der Waals surface area contributed by atoms with Crippen LogP contribution in [0.2, 0.25) is 0 Å². The van der Waals surface area contributed by atoms with E-state index < -0.39 is 12.8 Å². The standard InChI is InChI=1S/C10H15F3N2O3/c11-10(12,13)7-18-5-1-3-15-4-2-8(16)14-6-9(15)17/h1-7H2,(H,14,16). The van der Waals surface area contributed by atoms with Gasteiger partial charge in [0.2, 0.25) is 11.8 Å². The molecule has 1 rings (SSSR count). The summed E-state index contributed by atoms with van der Waals surface area (Å²) in [5.74, 6) is -0.421. The number of rotatable bonds is 5. The van der Waals surface area contributed by atoms with Crippen molar-refractivity contribution >= 4 is 11.8 Å². The lowest BCUT2D eigenvalue weighted by Crippen LogP contribution is -2.36. The maximum absolute atomic E-state index is 11.8. The van der Waals surface area contributed by atoms with Crippen molar-refractivity contribution in [2.24, 2.45) is 0 Å². The zero-order chi connectivity index (χ0) is 13.6. The van der Waals surface area contributed by atoms with Crippen LogP contribution in [0.1, 0.15) is 12.8 Å². The fraction of sp³-hybridized carbons (Fsp3) is 0.800. The Morgan fingerprint density at radius 2 is 2.06 bits per heavy atom. The maximum Gasteiger partial charge on any atom is 0.411 e. The Hall–Kier alpha value is -1.31. The van der Waals surface area contributed by atoms with Gasteiger partial charge in [0, 0.05) is 26.1 Å². The molecule has 0 atom stereocenters. The van der Waals surface area contributed by atoms with Gasteiger partial charge in [-0.2, -0.15) is 13.2 Å². The molecule has 1 aliphatic rings. The van der Waals surface area contributed by atoms with E-state index in [-0.39, 0.29) is 31.4 Å². The molecule has 8 heteroatoms. The highest BCUT2D eigenvalue weighted by Crippen LogP contribution is 2.14. The smallest absolute Gasteiger partial charge is 0.372 e. The van der Waals surface area contributed by atoms with Crippen molar-refractivity contribution in [3.05, 3.63) is 0 Å². The maximum atomic E-state index is 11.8. The molecule has 0 unspecified atom stereocenters. The molecule has 1 fully saturated rings. The summed E-state index contributed by atoms with van der Waals surface area (Å²) in [5.41, 5.74) is 0. The normalized spacial score (nSPS) is 17.6. The molecule has 1 N–H and O–H groups in total. The van der Waals surface area contributed by atoms with E-state index in [0.717, 1.165) is 0 Å². The minimum Gasteiger partial charge on any atom is -0.372 e. The van der Waals surface area contributed by atoms with Gasteiger partial charge in [0.25, 0.3) is 0 Å². The summed E-state index contributed by atoms with van der Waals surface area (Å²) in [7, 11) is 0. The van der Waals surface area contributed by atoms with Crippen LogP contribution in [-0.2, 0) is 14.3 Å². The molecule has 5 nitrogen and oxygen atoms in total. The molecule has 1 heterocycles. The van der Waals surface area contributed by atoms with Gasteiger partial charge in [0.15, 0.2) is 0 Å². The van der Waals surface area contributed by atoms with Crippen LogP contribution in [-0.4, -0.2) is 55.7 Å². The molecule has 1 saturated heterocycles. The molecular weight excluding hydrogens is 253 g/mol. The van der Waals surface area contributed by atoms with E-state index in [0.29, 0.717) is 19.5 Å². The van der Waals surface area contributed by atoms with Crippen LogP contribution in [0.25, 0.3) is 0 Å². The van der Waals surface area contributed by atoms with E-state index in [1.165, 1.54) is 4.90 Å². The van der Waals surface area contributed by atoms with Crippen LogP contribution in [0, 0.1) is 0 Å². The molecule has 0 aromatic carbocycles. The molecule has 0 aromatic rings. The van der Waals surface area contributed by atoms with E-state index in [1.54, 1.807) is 0 Å². The van der Waals surface area contributed by atoms with Gasteiger partial charge in [-0.1, -0.05) is 0 Å². The molecule has 0 saturated carbocycles. The van der Waals surface area contributed by atoms with Crippen molar-refractivity contribution in [1.82, 2.24) is 10.2 Å². The molecule has 18 heavy (non-hydrogen) atoms. The van der Waals surface area contributed by atoms with Gasteiger partial charge in [0.1, 0.15) is 6.61 Å². The summed E-state index contributed by atoms with van der Waals surface area (Å²) in [6, 6.07) is 0. The first-order valence-electron chi connectivity index (χ1n) is 5.57. The van der Waals surface area contributed by atoms with Crippen molar-refractivity contribution in [1.29, 1.82) is 0 Å². The Labute approximate surface area is 102 Å². The number of nitrogens with zero attached hydrogens (tertiary/aromatic N) is 1. The number of nitrogens with one attached hydrogen (secondary N) is 1. The van der Waals surface area contributed by atoms with Crippen molar-refractivity contribution in [2.75, 3.05) is 32.8 Å². The minimum atomic E-state index is -4.32. The van der Waals surface area contributed by atoms with Gasteiger partial charge in [-0.3, -0.25) is 9.59 Å². The van der Waals surface area contributed by atoms with Gasteiger partial charge < -0.3 is 15.0 Å². The number of hydrogen-bond acceptors (Lipinski definition) is 3. The Bertz CT molecular complexity index is 307. The molecule has 0 aromatic heterocycles. The number of hydrogen-bond donors (Lipinski definition) is 1. The van der Waals surface area contributed by atoms with Crippen molar-refractivity contribution in [2.45, 2.75) is 19.0 Å². The lowest BCUT2D eigenvalue weighted by Gasteiger charge is -2.19. The van der Waals surface area contributed by atoms with Crippen LogP contribution >= 0.6 is 0 Å². The predicted octanol–water partition coefficient (Wildman–Crippen LogP) is 0.304. The lowest BCUT2D eigenvalue weighted by atomic mass is 10.3. The number of ether oxygens (including phenoxy) is 1. The Morgan fingerprint density at radius 3 is 2.72 bits per heavy atom. The van der Waals surface area contributed by atoms with Crippen molar-refractivity contribution in [3.8, 4) is 0 Å². The number of carbonyl (C=O) groups excluding carboxylic acids is 2. The first-order valence-corrected chi connectivity index (χ1v) is 5.57. The summed E-state index contributed by atoms with van der Waals surface area (Å²) in [6.45, 7) is -0.802. The number of carbonyl (C=O) groups is 2. The molecule has 0 spiro atoms. The molecule has 0 bridgehead atoms. The lowest BCUT2D eigenvalue weighted by molar-refractivity contribution is -0.174. The van der Waals surface area contributed by atoms with E-state index in [4.69, 9.17) is 0 Å². The first-order chi connectivity index (χ1) is 8.38. The molecule has 1 aliphatic heterocycles. The summed E-state index contributed by atoms with van der Waals surface area (Å²) in [6.07, 6.45) is -3.79. The van der Waals surface area contributed by atoms with E-state index >= 15 is 0 Å². The zero-order valence-corrected chi connectivity index (χ0v) is 9.76. The second-order valence-corrected chi connectivity index (χ2v) is 3.93. The molecule has 2 amide bonds. The second kappa shape index (κ2) is 6.58. The summed E-state index contributed by atoms with van der Waals surface area (Å²) < 4.78 is 39.7. The highest BCUT2D eigenvalue weighted by atomic mass is 19.4. The largest absolute Gasteiger partial charge is 0.411 e. The Kier molecular flexibility index (Phi) is 5.39. The third-order valence-corrected chi connectivity index (χ3v) is 2.38. The van der Waals surface area contributed by atoms with Crippen molar-refractivity contribution < 1.29 is 27.5 Å². The fourth-order valence-corrected chi connectivity index (χ4v) is 1.52. The summed E-state index contributed by atoms with van der Waals surface area (Å²) in [5, 5.41) is 2.44. The quantitative estimate of drug-likeness (QED) is 0.730. The van der Waals surface area contributed by atoms with Crippen LogP contribution in [0.4, 0.5) is 13.2 Å². The zero-order valence-electron chi connectivity index (χ0n) is 9.76. The van der Waals surface area contributed by atoms with E-state index in [2.05, 4.69) is 10.1 Å². The van der Waals surface area contributed by atoms with Gasteiger partial charge in [0.05, 0.1) is 6.54 Å². The highest BCUT2D eigenvalue weighted by molar-refractivity contribution is 5.87. The van der Waals surface area contributed by atoms with Crippen LogP contribution in [0.3, 0.4) is 0 Å². The third kappa shape index (κ3) is 5.85. The Balaban J connectivity index is 2.18. The monoisotopic (exact) mass is 268 g/mol. The van der Waals surface area contributed by atoms with Gasteiger partial charge >= 0.3 is 6.18 Å². The van der Waals surface area contributed by atoms with Crippen LogP contribution in [0.5, 0.6) is 0 Å². The number of alkyl halides is 3. The summed E-state index contributed by atoms with van der Waals surface area (Å²) >= 11 is 0. The molecular formula is C10H15F3N2O3. The van der Waals surface area contributed by atoms with E-state index in [1.807, 2.05) is 0 Å². The molecule has 0 radical (unpaired) electrons. The fourth-order valence-electron chi connectivity index (χ4n) is 1.52. The topological polar surface area (TPSA) is 58.6 Å². The van der Waals surface area contributed by atoms with Crippen molar-refractivity contribution in [3.63, 3.8) is 0 Å². The van der Waals surface area contributed by atoms with Gasteiger partial charge in [-0.05, 0) is 6.42 Å². The molecule has 0 aliphatic carbocycles. The first kappa shape index (κ1) is 14.7. The third-order valence-electron chi connectivity index (χ3n) is 2.38. The minimum absolute atomic E-state index is 0.0533. The van der Waals surface area contributed by atoms with E-state index in [9.17, 15) is 22.8 Å². The van der Waals surface area contributed by atoms with Crippen LogP contribution in [0.15, 0.2) is 0 Å². The second-order valence-electron chi connectivity index (χ2n) is 3.93. The average molecular weight is 268 g/mol. The number of amides is 2. The Morgan fingerprint density at radius 1 is 1.33 bits per heavy atom. The summed E-state index contributed by atoms with van der Waals surface area (Å²) in [4.78, 5) is 23.9. The van der Waals surface area contributed by atoms with Crippen LogP contribution < -0.4 is 5.32 Å².